The van der Waals surface area contributed by atoms with Crippen LogP contribution in [0.1, 0.15) is 25.5 Å². The fourth-order valence-corrected chi connectivity index (χ4v) is 1.60. The minimum atomic E-state index is -0.508. The molecule has 1 rings (SSSR count). The van der Waals surface area contributed by atoms with Crippen molar-refractivity contribution in [1.29, 1.82) is 0 Å². The Bertz CT molecular complexity index is 454. The minimum absolute atomic E-state index is 0.137. The summed E-state index contributed by atoms with van der Waals surface area (Å²) in [7, 11) is 0. The van der Waals surface area contributed by atoms with Crippen molar-refractivity contribution in [2.45, 2.75) is 26.7 Å². The molecular formula is C11H20N6O3. The zero-order valence-corrected chi connectivity index (χ0v) is 11.7. The van der Waals surface area contributed by atoms with Gasteiger partial charge in [0.05, 0.1) is 4.92 Å². The van der Waals surface area contributed by atoms with E-state index in [0.29, 0.717) is 19.8 Å². The van der Waals surface area contributed by atoms with Gasteiger partial charge in [0.2, 0.25) is 11.8 Å². The topological polar surface area (TPSA) is 128 Å². The van der Waals surface area contributed by atoms with Crippen LogP contribution in [-0.4, -0.2) is 34.6 Å². The predicted octanol–water partition coefficient (Wildman–Crippen LogP) is 1.21. The van der Waals surface area contributed by atoms with Crippen LogP contribution in [0.2, 0.25) is 0 Å². The molecule has 20 heavy (non-hydrogen) atoms. The standard InChI is InChI=1S/C11H20N6O3/c1-3-6-20-7-4-5-13-10-9(17(18)19)8(2)14-11(15-10)16-12/h3-7,12H2,1-2H3,(H2,13,14,15,16). The number of anilines is 2. The maximum atomic E-state index is 11.0. The van der Waals surface area contributed by atoms with E-state index in [1.807, 2.05) is 6.92 Å². The monoisotopic (exact) mass is 284 g/mol. The molecule has 0 aromatic carbocycles. The normalized spacial score (nSPS) is 10.3. The van der Waals surface area contributed by atoms with Crippen molar-refractivity contribution in [3.05, 3.63) is 15.8 Å². The molecule has 0 radical (unpaired) electrons. The zero-order valence-electron chi connectivity index (χ0n) is 11.7. The molecule has 112 valence electrons. The van der Waals surface area contributed by atoms with Crippen LogP contribution in [0.4, 0.5) is 17.5 Å². The second-order valence-corrected chi connectivity index (χ2v) is 4.12. The third-order valence-corrected chi connectivity index (χ3v) is 2.48. The fraction of sp³-hybridized carbons (Fsp3) is 0.636. The Kier molecular flexibility index (Phi) is 6.60. The SMILES string of the molecule is CCCOCCCNc1nc(NN)nc(C)c1[N+](=O)[O-]. The maximum absolute atomic E-state index is 11.0. The molecule has 4 N–H and O–H groups in total. The van der Waals surface area contributed by atoms with Crippen molar-refractivity contribution in [3.63, 3.8) is 0 Å². The second kappa shape index (κ2) is 8.23. The Morgan fingerprint density at radius 2 is 2.15 bits per heavy atom. The number of hydrogen-bond donors (Lipinski definition) is 3. The van der Waals surface area contributed by atoms with Gasteiger partial charge in [-0.15, -0.1) is 0 Å². The van der Waals surface area contributed by atoms with Gasteiger partial charge in [-0.2, -0.15) is 4.98 Å². The van der Waals surface area contributed by atoms with Gasteiger partial charge in [-0.1, -0.05) is 6.92 Å². The third-order valence-electron chi connectivity index (χ3n) is 2.48. The number of nitrogens with zero attached hydrogens (tertiary/aromatic N) is 3. The summed E-state index contributed by atoms with van der Waals surface area (Å²) in [6, 6.07) is 0. The highest BCUT2D eigenvalue weighted by molar-refractivity contribution is 5.60. The lowest BCUT2D eigenvalue weighted by molar-refractivity contribution is -0.385. The Morgan fingerprint density at radius 3 is 2.75 bits per heavy atom. The molecular weight excluding hydrogens is 264 g/mol. The number of hydrazine groups is 1. The molecule has 0 bridgehead atoms. The molecule has 1 heterocycles. The van der Waals surface area contributed by atoms with Gasteiger partial charge < -0.3 is 10.1 Å². The Morgan fingerprint density at radius 1 is 1.40 bits per heavy atom. The van der Waals surface area contributed by atoms with Gasteiger partial charge in [-0.3, -0.25) is 15.5 Å². The van der Waals surface area contributed by atoms with E-state index >= 15 is 0 Å². The summed E-state index contributed by atoms with van der Waals surface area (Å²) in [5.41, 5.74) is 2.40. The van der Waals surface area contributed by atoms with Crippen LogP contribution in [0, 0.1) is 17.0 Å². The molecule has 0 spiro atoms. The number of aromatic nitrogens is 2. The minimum Gasteiger partial charge on any atom is -0.381 e. The number of nitro groups is 1. The van der Waals surface area contributed by atoms with E-state index in [1.54, 1.807) is 0 Å². The summed E-state index contributed by atoms with van der Waals surface area (Å²) in [6.45, 7) is 5.41. The van der Waals surface area contributed by atoms with Gasteiger partial charge in [-0.05, 0) is 19.8 Å². The molecule has 1 aromatic rings. The Balaban J connectivity index is 2.67. The van der Waals surface area contributed by atoms with Crippen LogP contribution in [0.25, 0.3) is 0 Å². The quantitative estimate of drug-likeness (QED) is 0.267. The first-order valence-corrected chi connectivity index (χ1v) is 6.41. The van der Waals surface area contributed by atoms with Gasteiger partial charge in [0.1, 0.15) is 5.69 Å². The molecule has 0 aliphatic carbocycles. The molecule has 0 saturated carbocycles. The van der Waals surface area contributed by atoms with Gasteiger partial charge in [0.15, 0.2) is 0 Å². The number of rotatable bonds is 9. The van der Waals surface area contributed by atoms with Gasteiger partial charge in [-0.25, -0.2) is 10.8 Å². The molecule has 0 aliphatic rings. The summed E-state index contributed by atoms with van der Waals surface area (Å²) in [6.07, 6.45) is 1.70. The number of ether oxygens (including phenoxy) is 1. The number of nitrogens with one attached hydrogen (secondary N) is 2. The van der Waals surface area contributed by atoms with Crippen molar-refractivity contribution in [3.8, 4) is 0 Å². The maximum Gasteiger partial charge on any atom is 0.332 e. The van der Waals surface area contributed by atoms with Crippen LogP contribution in [0.15, 0.2) is 0 Å². The van der Waals surface area contributed by atoms with E-state index < -0.39 is 4.92 Å². The lowest BCUT2D eigenvalue weighted by Crippen LogP contribution is -2.15. The third kappa shape index (κ3) is 4.59. The molecule has 0 saturated heterocycles. The number of nitrogen functional groups attached to an aromatic ring is 1. The molecule has 9 nitrogen and oxygen atoms in total. The van der Waals surface area contributed by atoms with Crippen LogP contribution >= 0.6 is 0 Å². The Hall–Kier alpha value is -2.00. The van der Waals surface area contributed by atoms with Crippen LogP contribution in [0.3, 0.4) is 0 Å². The summed E-state index contributed by atoms with van der Waals surface area (Å²) in [4.78, 5) is 18.4. The molecule has 0 unspecified atom stereocenters. The van der Waals surface area contributed by atoms with Crippen molar-refractivity contribution in [2.75, 3.05) is 30.5 Å². The molecule has 0 fully saturated rings. The molecule has 0 aliphatic heterocycles. The first-order valence-electron chi connectivity index (χ1n) is 6.41. The fourth-order valence-electron chi connectivity index (χ4n) is 1.60. The lowest BCUT2D eigenvalue weighted by Gasteiger charge is -2.09. The second-order valence-electron chi connectivity index (χ2n) is 4.12. The van der Waals surface area contributed by atoms with Crippen molar-refractivity contribution < 1.29 is 9.66 Å². The average Bonchev–Trinajstić information content (AvgIpc) is 2.41. The van der Waals surface area contributed by atoms with Gasteiger partial charge in [0.25, 0.3) is 0 Å². The predicted molar refractivity (Wildman–Crippen MR) is 75.5 cm³/mol. The Labute approximate surface area is 117 Å². The molecule has 1 aromatic heterocycles. The van der Waals surface area contributed by atoms with Crippen LogP contribution < -0.4 is 16.6 Å². The lowest BCUT2D eigenvalue weighted by atomic mass is 10.3. The van der Waals surface area contributed by atoms with E-state index in [2.05, 4.69) is 20.7 Å². The van der Waals surface area contributed by atoms with E-state index in [9.17, 15) is 10.1 Å². The molecule has 0 atom stereocenters. The first-order chi connectivity index (χ1) is 9.60. The number of aryl methyl sites for hydroxylation is 1. The number of hydrogen-bond acceptors (Lipinski definition) is 8. The van der Waals surface area contributed by atoms with E-state index in [1.165, 1.54) is 6.92 Å². The average molecular weight is 284 g/mol. The van der Waals surface area contributed by atoms with Crippen LogP contribution in [-0.2, 0) is 4.74 Å². The first kappa shape index (κ1) is 16.1. The zero-order chi connectivity index (χ0) is 15.0. The summed E-state index contributed by atoms with van der Waals surface area (Å²) in [5, 5.41) is 13.9. The highest BCUT2D eigenvalue weighted by Gasteiger charge is 2.21. The summed E-state index contributed by atoms with van der Waals surface area (Å²) in [5.74, 6) is 5.53. The van der Waals surface area contributed by atoms with Crippen molar-refractivity contribution >= 4 is 17.5 Å². The summed E-state index contributed by atoms with van der Waals surface area (Å²) < 4.78 is 5.33. The van der Waals surface area contributed by atoms with E-state index in [0.717, 1.165) is 12.8 Å². The largest absolute Gasteiger partial charge is 0.381 e. The van der Waals surface area contributed by atoms with E-state index in [4.69, 9.17) is 10.6 Å². The van der Waals surface area contributed by atoms with E-state index in [-0.39, 0.29) is 23.1 Å². The van der Waals surface area contributed by atoms with Gasteiger partial charge in [0, 0.05) is 19.8 Å². The van der Waals surface area contributed by atoms with Crippen molar-refractivity contribution in [2.24, 2.45) is 5.84 Å². The highest BCUT2D eigenvalue weighted by atomic mass is 16.6. The number of nitrogens with two attached hydrogens (primary N) is 1. The smallest absolute Gasteiger partial charge is 0.332 e. The molecule has 0 amide bonds. The van der Waals surface area contributed by atoms with Gasteiger partial charge >= 0.3 is 5.69 Å². The highest BCUT2D eigenvalue weighted by Crippen LogP contribution is 2.26. The van der Waals surface area contributed by atoms with Crippen LogP contribution in [0.5, 0.6) is 0 Å². The summed E-state index contributed by atoms with van der Waals surface area (Å²) >= 11 is 0. The molecule has 9 heteroatoms. The van der Waals surface area contributed by atoms with Crippen molar-refractivity contribution in [1.82, 2.24) is 9.97 Å².